The van der Waals surface area contributed by atoms with Crippen LogP contribution in [0.3, 0.4) is 0 Å². The third-order valence-electron chi connectivity index (χ3n) is 4.00. The molecule has 0 spiro atoms. The van der Waals surface area contributed by atoms with E-state index in [2.05, 4.69) is 5.32 Å². The van der Waals surface area contributed by atoms with Crippen LogP contribution in [0.5, 0.6) is 11.5 Å². The summed E-state index contributed by atoms with van der Waals surface area (Å²) < 4.78 is 5.01. The zero-order chi connectivity index (χ0) is 14.5. The molecule has 1 unspecified atom stereocenters. The van der Waals surface area contributed by atoms with Crippen LogP contribution in [-0.4, -0.2) is 30.7 Å². The summed E-state index contributed by atoms with van der Waals surface area (Å²) in [4.78, 5) is 12.3. The molecule has 2 rings (SSSR count). The smallest absolute Gasteiger partial charge is 0.255 e. The van der Waals surface area contributed by atoms with E-state index in [1.807, 2.05) is 0 Å². The molecular formula is C15H22N2O3. The standard InChI is InChI=1S/C15H22N2O3/c1-20-13-8-4-7-11(14(13)18)15(19)17-12(9-16)10-5-2-3-6-10/h4,7-8,10,12,18H,2-3,5-6,9,16H2,1H3,(H,17,19). The molecule has 4 N–H and O–H groups in total. The summed E-state index contributed by atoms with van der Waals surface area (Å²) in [7, 11) is 1.46. The molecule has 5 nitrogen and oxygen atoms in total. The Morgan fingerprint density at radius 1 is 1.50 bits per heavy atom. The largest absolute Gasteiger partial charge is 0.504 e. The molecule has 1 aromatic carbocycles. The van der Waals surface area contributed by atoms with Crippen molar-refractivity contribution in [2.75, 3.05) is 13.7 Å². The van der Waals surface area contributed by atoms with Gasteiger partial charge in [0, 0.05) is 12.6 Å². The molecule has 1 atom stereocenters. The summed E-state index contributed by atoms with van der Waals surface area (Å²) in [6.07, 6.45) is 4.60. The number of methoxy groups -OCH3 is 1. The second-order valence-electron chi connectivity index (χ2n) is 5.22. The van der Waals surface area contributed by atoms with Crippen LogP contribution in [-0.2, 0) is 0 Å². The summed E-state index contributed by atoms with van der Waals surface area (Å²) in [6.45, 7) is 0.418. The maximum absolute atomic E-state index is 12.3. The van der Waals surface area contributed by atoms with E-state index in [-0.39, 0.29) is 23.3 Å². The monoisotopic (exact) mass is 278 g/mol. The number of ether oxygens (including phenoxy) is 1. The van der Waals surface area contributed by atoms with E-state index in [9.17, 15) is 9.90 Å². The van der Waals surface area contributed by atoms with Gasteiger partial charge in [0.1, 0.15) is 0 Å². The third-order valence-corrected chi connectivity index (χ3v) is 4.00. The lowest BCUT2D eigenvalue weighted by Crippen LogP contribution is -2.44. The Hall–Kier alpha value is -1.75. The van der Waals surface area contributed by atoms with E-state index < -0.39 is 0 Å². The number of phenolic OH excluding ortho intramolecular Hbond substituents is 1. The zero-order valence-electron chi connectivity index (χ0n) is 11.8. The lowest BCUT2D eigenvalue weighted by molar-refractivity contribution is 0.0921. The predicted octanol–water partition coefficient (Wildman–Crippen LogP) is 1.65. The first-order chi connectivity index (χ1) is 9.67. The molecule has 1 aromatic rings. The first-order valence-electron chi connectivity index (χ1n) is 7.04. The van der Waals surface area contributed by atoms with E-state index in [0.717, 1.165) is 12.8 Å². The Morgan fingerprint density at radius 3 is 2.80 bits per heavy atom. The molecule has 0 heterocycles. The van der Waals surface area contributed by atoms with Crippen molar-refractivity contribution in [3.63, 3.8) is 0 Å². The number of aromatic hydroxyl groups is 1. The normalized spacial score (nSPS) is 16.9. The highest BCUT2D eigenvalue weighted by atomic mass is 16.5. The molecular weight excluding hydrogens is 256 g/mol. The van der Waals surface area contributed by atoms with E-state index in [4.69, 9.17) is 10.5 Å². The Morgan fingerprint density at radius 2 is 2.20 bits per heavy atom. The van der Waals surface area contributed by atoms with E-state index in [1.165, 1.54) is 20.0 Å². The number of hydrogen-bond acceptors (Lipinski definition) is 4. The Kier molecular flexibility index (Phi) is 4.84. The van der Waals surface area contributed by atoms with Gasteiger partial charge in [0.2, 0.25) is 0 Å². The number of rotatable bonds is 5. The van der Waals surface area contributed by atoms with Crippen molar-refractivity contribution in [3.05, 3.63) is 23.8 Å². The maximum atomic E-state index is 12.3. The molecule has 1 aliphatic carbocycles. The topological polar surface area (TPSA) is 84.6 Å². The van der Waals surface area contributed by atoms with Crippen molar-refractivity contribution in [2.45, 2.75) is 31.7 Å². The number of amides is 1. The van der Waals surface area contributed by atoms with Crippen molar-refractivity contribution >= 4 is 5.91 Å². The summed E-state index contributed by atoms with van der Waals surface area (Å²) in [6, 6.07) is 4.84. The quantitative estimate of drug-likeness (QED) is 0.764. The minimum atomic E-state index is -0.302. The molecule has 1 aliphatic rings. The minimum absolute atomic E-state index is 0.0319. The fourth-order valence-electron chi connectivity index (χ4n) is 2.85. The Labute approximate surface area is 119 Å². The summed E-state index contributed by atoms with van der Waals surface area (Å²) in [5, 5.41) is 12.9. The van der Waals surface area contributed by atoms with Crippen LogP contribution in [0.15, 0.2) is 18.2 Å². The summed E-state index contributed by atoms with van der Waals surface area (Å²) in [5.74, 6) is 0.304. The van der Waals surface area contributed by atoms with Gasteiger partial charge in [-0.2, -0.15) is 0 Å². The van der Waals surface area contributed by atoms with Crippen molar-refractivity contribution in [1.82, 2.24) is 5.32 Å². The van der Waals surface area contributed by atoms with Crippen LogP contribution in [0.4, 0.5) is 0 Å². The van der Waals surface area contributed by atoms with Crippen LogP contribution in [0.1, 0.15) is 36.0 Å². The van der Waals surface area contributed by atoms with Gasteiger partial charge in [-0.15, -0.1) is 0 Å². The van der Waals surface area contributed by atoms with Crippen molar-refractivity contribution < 1.29 is 14.6 Å². The number of nitrogens with two attached hydrogens (primary N) is 1. The molecule has 110 valence electrons. The molecule has 0 bridgehead atoms. The van der Waals surface area contributed by atoms with Crippen LogP contribution >= 0.6 is 0 Å². The van der Waals surface area contributed by atoms with Gasteiger partial charge in [0.25, 0.3) is 5.91 Å². The van der Waals surface area contributed by atoms with Gasteiger partial charge in [-0.05, 0) is 30.9 Å². The lowest BCUT2D eigenvalue weighted by Gasteiger charge is -2.23. The van der Waals surface area contributed by atoms with Crippen LogP contribution < -0.4 is 15.8 Å². The molecule has 20 heavy (non-hydrogen) atoms. The van der Waals surface area contributed by atoms with Gasteiger partial charge in [0.15, 0.2) is 11.5 Å². The lowest BCUT2D eigenvalue weighted by atomic mass is 9.97. The highest BCUT2D eigenvalue weighted by molar-refractivity contribution is 5.97. The minimum Gasteiger partial charge on any atom is -0.504 e. The summed E-state index contributed by atoms with van der Waals surface area (Å²) >= 11 is 0. The molecule has 0 aromatic heterocycles. The second kappa shape index (κ2) is 6.61. The number of carbonyl (C=O) groups is 1. The SMILES string of the molecule is COc1cccc(C(=O)NC(CN)C2CCCC2)c1O. The number of nitrogens with one attached hydrogen (secondary N) is 1. The van der Waals surface area contributed by atoms with Gasteiger partial charge in [-0.3, -0.25) is 4.79 Å². The Balaban J connectivity index is 2.10. The third kappa shape index (κ3) is 3.04. The van der Waals surface area contributed by atoms with Crippen molar-refractivity contribution in [3.8, 4) is 11.5 Å². The van der Waals surface area contributed by atoms with Crippen molar-refractivity contribution in [2.24, 2.45) is 11.7 Å². The predicted molar refractivity (Wildman–Crippen MR) is 76.9 cm³/mol. The fraction of sp³-hybridized carbons (Fsp3) is 0.533. The van der Waals surface area contributed by atoms with Gasteiger partial charge < -0.3 is 20.9 Å². The molecule has 1 saturated carbocycles. The first kappa shape index (κ1) is 14.7. The molecule has 1 fully saturated rings. The molecule has 0 radical (unpaired) electrons. The Bertz CT molecular complexity index is 470. The van der Waals surface area contributed by atoms with E-state index in [0.29, 0.717) is 18.2 Å². The van der Waals surface area contributed by atoms with Gasteiger partial charge in [0.05, 0.1) is 12.7 Å². The van der Waals surface area contributed by atoms with Crippen LogP contribution in [0.2, 0.25) is 0 Å². The zero-order valence-corrected chi connectivity index (χ0v) is 11.8. The van der Waals surface area contributed by atoms with Crippen molar-refractivity contribution in [1.29, 1.82) is 0 Å². The second-order valence-corrected chi connectivity index (χ2v) is 5.22. The first-order valence-corrected chi connectivity index (χ1v) is 7.04. The number of para-hydroxylation sites is 1. The summed E-state index contributed by atoms with van der Waals surface area (Å²) in [5.41, 5.74) is 5.99. The highest BCUT2D eigenvalue weighted by Gasteiger charge is 2.26. The average molecular weight is 278 g/mol. The number of carbonyl (C=O) groups excluding carboxylic acids is 1. The maximum Gasteiger partial charge on any atom is 0.255 e. The molecule has 0 aliphatic heterocycles. The highest BCUT2D eigenvalue weighted by Crippen LogP contribution is 2.30. The van der Waals surface area contributed by atoms with E-state index >= 15 is 0 Å². The van der Waals surface area contributed by atoms with Gasteiger partial charge in [-0.25, -0.2) is 0 Å². The van der Waals surface area contributed by atoms with Gasteiger partial charge in [-0.1, -0.05) is 18.9 Å². The number of benzene rings is 1. The number of phenols is 1. The van der Waals surface area contributed by atoms with Crippen LogP contribution in [0.25, 0.3) is 0 Å². The average Bonchev–Trinajstić information content (AvgIpc) is 2.98. The van der Waals surface area contributed by atoms with Crippen LogP contribution in [0, 0.1) is 5.92 Å². The molecule has 5 heteroatoms. The van der Waals surface area contributed by atoms with Gasteiger partial charge >= 0.3 is 0 Å². The molecule has 1 amide bonds. The van der Waals surface area contributed by atoms with E-state index in [1.54, 1.807) is 18.2 Å². The molecule has 0 saturated heterocycles. The fourth-order valence-corrected chi connectivity index (χ4v) is 2.85. The number of hydrogen-bond donors (Lipinski definition) is 3.